The molecule has 1 aliphatic carbocycles. The minimum Gasteiger partial charge on any atom is -0.393 e. The van der Waals surface area contributed by atoms with E-state index in [1.165, 1.54) is 0 Å². The molecule has 1 aromatic rings. The monoisotopic (exact) mass is 276 g/mol. The molecule has 2 amide bonds. The standard InChI is InChI=1S/C16H24N2O2/c1-11-6-12(2)8-14(7-11)18-16(20)17-10-13-4-3-5-15(19)9-13/h6-8,13,15,19H,3-5,9-10H2,1-2H3,(H2,17,18,20). The van der Waals surface area contributed by atoms with E-state index in [1.54, 1.807) is 0 Å². The Morgan fingerprint density at radius 2 is 1.95 bits per heavy atom. The van der Waals surface area contributed by atoms with Gasteiger partial charge in [-0.15, -0.1) is 0 Å². The van der Waals surface area contributed by atoms with Crippen LogP contribution in [-0.4, -0.2) is 23.8 Å². The maximum absolute atomic E-state index is 11.9. The van der Waals surface area contributed by atoms with Gasteiger partial charge >= 0.3 is 6.03 Å². The van der Waals surface area contributed by atoms with Gasteiger partial charge in [-0.25, -0.2) is 4.79 Å². The molecule has 0 radical (unpaired) electrons. The number of hydrogen-bond acceptors (Lipinski definition) is 2. The highest BCUT2D eigenvalue weighted by atomic mass is 16.3. The molecule has 3 N–H and O–H groups in total. The van der Waals surface area contributed by atoms with Gasteiger partial charge < -0.3 is 15.7 Å². The average molecular weight is 276 g/mol. The number of carbonyl (C=O) groups excluding carboxylic acids is 1. The summed E-state index contributed by atoms with van der Waals surface area (Å²) in [5, 5.41) is 15.4. The summed E-state index contributed by atoms with van der Waals surface area (Å²) in [4.78, 5) is 11.9. The fraction of sp³-hybridized carbons (Fsp3) is 0.562. The van der Waals surface area contributed by atoms with E-state index in [9.17, 15) is 9.90 Å². The van der Waals surface area contributed by atoms with E-state index in [1.807, 2.05) is 26.0 Å². The SMILES string of the molecule is Cc1cc(C)cc(NC(=O)NCC2CCCC(O)C2)c1. The first kappa shape index (κ1) is 14.9. The number of anilines is 1. The number of aliphatic hydroxyl groups is 1. The number of benzene rings is 1. The number of urea groups is 1. The van der Waals surface area contributed by atoms with Crippen molar-refractivity contribution < 1.29 is 9.90 Å². The molecule has 2 rings (SSSR count). The van der Waals surface area contributed by atoms with Crippen LogP contribution < -0.4 is 10.6 Å². The second kappa shape index (κ2) is 6.75. The minimum absolute atomic E-state index is 0.171. The molecule has 0 aromatic heterocycles. The third-order valence-corrected chi connectivity index (χ3v) is 3.79. The van der Waals surface area contributed by atoms with Crippen LogP contribution in [0, 0.1) is 19.8 Å². The van der Waals surface area contributed by atoms with Crippen LogP contribution in [0.4, 0.5) is 10.5 Å². The van der Waals surface area contributed by atoms with Crippen LogP contribution in [0.25, 0.3) is 0 Å². The van der Waals surface area contributed by atoms with Gasteiger partial charge in [0, 0.05) is 12.2 Å². The molecule has 1 aromatic carbocycles. The number of rotatable bonds is 3. The Morgan fingerprint density at radius 1 is 1.25 bits per heavy atom. The normalized spacial score (nSPS) is 22.4. The third kappa shape index (κ3) is 4.53. The van der Waals surface area contributed by atoms with Crippen molar-refractivity contribution in [1.82, 2.24) is 5.32 Å². The zero-order valence-corrected chi connectivity index (χ0v) is 12.3. The fourth-order valence-electron chi connectivity index (χ4n) is 2.91. The highest BCUT2D eigenvalue weighted by Gasteiger charge is 2.20. The zero-order chi connectivity index (χ0) is 14.5. The van der Waals surface area contributed by atoms with Crippen molar-refractivity contribution in [2.45, 2.75) is 45.6 Å². The highest BCUT2D eigenvalue weighted by molar-refractivity contribution is 5.89. The molecule has 4 heteroatoms. The summed E-state index contributed by atoms with van der Waals surface area (Å²) >= 11 is 0. The summed E-state index contributed by atoms with van der Waals surface area (Å²) in [6, 6.07) is 5.82. The van der Waals surface area contributed by atoms with Crippen molar-refractivity contribution in [3.8, 4) is 0 Å². The van der Waals surface area contributed by atoms with Crippen molar-refractivity contribution in [3.05, 3.63) is 29.3 Å². The Labute approximate surface area is 120 Å². The molecule has 1 aliphatic rings. The summed E-state index contributed by atoms with van der Waals surface area (Å²) < 4.78 is 0. The Morgan fingerprint density at radius 3 is 2.60 bits per heavy atom. The first-order chi connectivity index (χ1) is 9.52. The lowest BCUT2D eigenvalue weighted by Crippen LogP contribution is -2.35. The van der Waals surface area contributed by atoms with Crippen molar-refractivity contribution in [2.75, 3.05) is 11.9 Å². The van der Waals surface area contributed by atoms with E-state index in [0.717, 1.165) is 42.5 Å². The van der Waals surface area contributed by atoms with Crippen molar-refractivity contribution in [1.29, 1.82) is 0 Å². The van der Waals surface area contributed by atoms with Crippen molar-refractivity contribution >= 4 is 11.7 Å². The Kier molecular flexibility index (Phi) is 5.01. The number of nitrogens with one attached hydrogen (secondary N) is 2. The van der Waals surface area contributed by atoms with Gasteiger partial charge in [0.1, 0.15) is 0 Å². The Balaban J connectivity index is 1.80. The van der Waals surface area contributed by atoms with Crippen LogP contribution in [0.3, 0.4) is 0 Å². The fourth-order valence-corrected chi connectivity index (χ4v) is 2.91. The van der Waals surface area contributed by atoms with Crippen LogP contribution in [-0.2, 0) is 0 Å². The summed E-state index contributed by atoms with van der Waals surface area (Å²) in [5.74, 6) is 0.392. The molecule has 110 valence electrons. The van der Waals surface area contributed by atoms with E-state index in [2.05, 4.69) is 16.7 Å². The molecule has 0 heterocycles. The van der Waals surface area contributed by atoms with E-state index in [0.29, 0.717) is 12.5 Å². The highest BCUT2D eigenvalue weighted by Crippen LogP contribution is 2.23. The summed E-state index contributed by atoms with van der Waals surface area (Å²) in [6.45, 7) is 4.66. The first-order valence-corrected chi connectivity index (χ1v) is 7.34. The molecule has 1 fully saturated rings. The molecular weight excluding hydrogens is 252 g/mol. The lowest BCUT2D eigenvalue weighted by Gasteiger charge is -2.25. The largest absolute Gasteiger partial charge is 0.393 e. The molecule has 2 atom stereocenters. The number of aliphatic hydroxyl groups excluding tert-OH is 1. The topological polar surface area (TPSA) is 61.4 Å². The number of carbonyl (C=O) groups is 1. The van der Waals surface area contributed by atoms with Gasteiger partial charge in [-0.3, -0.25) is 0 Å². The van der Waals surface area contributed by atoms with E-state index >= 15 is 0 Å². The second-order valence-corrected chi connectivity index (χ2v) is 5.90. The smallest absolute Gasteiger partial charge is 0.319 e. The molecule has 4 nitrogen and oxygen atoms in total. The average Bonchev–Trinajstić information content (AvgIpc) is 2.35. The van der Waals surface area contributed by atoms with Crippen LogP contribution in [0.2, 0.25) is 0 Å². The first-order valence-electron chi connectivity index (χ1n) is 7.34. The molecule has 20 heavy (non-hydrogen) atoms. The van der Waals surface area contributed by atoms with Gasteiger partial charge in [-0.05, 0) is 62.3 Å². The predicted molar refractivity (Wildman–Crippen MR) is 80.9 cm³/mol. The Hall–Kier alpha value is -1.55. The quantitative estimate of drug-likeness (QED) is 0.795. The third-order valence-electron chi connectivity index (χ3n) is 3.79. The summed E-state index contributed by atoms with van der Waals surface area (Å²) in [7, 11) is 0. The predicted octanol–water partition coefficient (Wildman–Crippen LogP) is 2.98. The molecule has 0 saturated heterocycles. The number of aryl methyl sites for hydroxylation is 2. The van der Waals surface area contributed by atoms with Crippen LogP contribution in [0.15, 0.2) is 18.2 Å². The summed E-state index contributed by atoms with van der Waals surface area (Å²) in [6.07, 6.45) is 3.63. The van der Waals surface area contributed by atoms with Crippen LogP contribution >= 0.6 is 0 Å². The lowest BCUT2D eigenvalue weighted by atomic mass is 9.87. The van der Waals surface area contributed by atoms with Crippen LogP contribution in [0.5, 0.6) is 0 Å². The second-order valence-electron chi connectivity index (χ2n) is 5.90. The van der Waals surface area contributed by atoms with Gasteiger partial charge in [0.2, 0.25) is 0 Å². The molecular formula is C16H24N2O2. The maximum Gasteiger partial charge on any atom is 0.319 e. The minimum atomic E-state index is -0.196. The van der Waals surface area contributed by atoms with Crippen molar-refractivity contribution in [2.24, 2.45) is 5.92 Å². The van der Waals surface area contributed by atoms with Crippen LogP contribution in [0.1, 0.15) is 36.8 Å². The number of amides is 2. The molecule has 0 spiro atoms. The Bertz CT molecular complexity index is 453. The van der Waals surface area contributed by atoms with Gasteiger partial charge in [-0.1, -0.05) is 12.5 Å². The van der Waals surface area contributed by atoms with Gasteiger partial charge in [0.25, 0.3) is 0 Å². The molecule has 2 unspecified atom stereocenters. The number of hydrogen-bond donors (Lipinski definition) is 3. The van der Waals surface area contributed by atoms with E-state index in [4.69, 9.17) is 0 Å². The van der Waals surface area contributed by atoms with Crippen molar-refractivity contribution in [3.63, 3.8) is 0 Å². The maximum atomic E-state index is 11.9. The summed E-state index contributed by atoms with van der Waals surface area (Å²) in [5.41, 5.74) is 3.09. The van der Waals surface area contributed by atoms with Gasteiger partial charge in [0.05, 0.1) is 6.10 Å². The lowest BCUT2D eigenvalue weighted by molar-refractivity contribution is 0.101. The molecule has 1 saturated carbocycles. The van der Waals surface area contributed by atoms with Gasteiger partial charge in [-0.2, -0.15) is 0 Å². The zero-order valence-electron chi connectivity index (χ0n) is 12.3. The van der Waals surface area contributed by atoms with Gasteiger partial charge in [0.15, 0.2) is 0 Å². The molecule has 0 aliphatic heterocycles. The molecule has 0 bridgehead atoms. The van der Waals surface area contributed by atoms with E-state index in [-0.39, 0.29) is 12.1 Å². The van der Waals surface area contributed by atoms with E-state index < -0.39 is 0 Å².